The first-order chi connectivity index (χ1) is 13.2. The average Bonchev–Trinajstić information content (AvgIpc) is 2.91. The van der Waals surface area contributed by atoms with Crippen LogP contribution in [0.25, 0.3) is 0 Å². The number of fused-ring (bicyclic) bond motifs is 1. The Morgan fingerprint density at radius 3 is 2.59 bits per heavy atom. The molecule has 4 rings (SSSR count). The zero-order valence-corrected chi connectivity index (χ0v) is 15.4. The van der Waals surface area contributed by atoms with Gasteiger partial charge in [0.25, 0.3) is 5.91 Å². The minimum Gasteiger partial charge on any atom is -0.493 e. The fraction of sp³-hybridized carbons (Fsp3) is 0.409. The van der Waals surface area contributed by atoms with E-state index in [1.807, 2.05) is 12.1 Å². The Balaban J connectivity index is 1.37. The van der Waals surface area contributed by atoms with Crippen molar-refractivity contribution in [3.8, 4) is 5.75 Å². The Morgan fingerprint density at radius 2 is 1.78 bits per heavy atom. The van der Waals surface area contributed by atoms with E-state index in [0.29, 0.717) is 19.1 Å². The first-order valence-corrected chi connectivity index (χ1v) is 9.74. The van der Waals surface area contributed by atoms with Crippen molar-refractivity contribution >= 4 is 5.91 Å². The number of carbonyl (C=O) groups excluding carboxylic acids is 1. The van der Waals surface area contributed by atoms with Gasteiger partial charge in [-0.2, -0.15) is 0 Å². The molecule has 1 N–H and O–H groups in total. The van der Waals surface area contributed by atoms with Crippen molar-refractivity contribution in [1.29, 1.82) is 0 Å². The maximum atomic E-state index is 13.9. The van der Waals surface area contributed by atoms with Gasteiger partial charge in [0.2, 0.25) is 0 Å². The number of halogens is 1. The second-order valence-corrected chi connectivity index (χ2v) is 7.29. The molecule has 1 fully saturated rings. The van der Waals surface area contributed by atoms with Gasteiger partial charge in [-0.25, -0.2) is 4.39 Å². The summed E-state index contributed by atoms with van der Waals surface area (Å²) in [6, 6.07) is 15.1. The van der Waals surface area contributed by atoms with E-state index in [4.69, 9.17) is 4.74 Å². The monoisotopic (exact) mass is 368 g/mol. The first kappa shape index (κ1) is 18.0. The van der Waals surface area contributed by atoms with Gasteiger partial charge in [-0.3, -0.25) is 4.79 Å². The van der Waals surface area contributed by atoms with Gasteiger partial charge in [-0.15, -0.1) is 0 Å². The molecule has 5 heteroatoms. The number of likely N-dealkylation sites (tertiary alicyclic amines) is 1. The molecule has 2 aliphatic heterocycles. The van der Waals surface area contributed by atoms with E-state index in [1.54, 1.807) is 23.1 Å². The van der Waals surface area contributed by atoms with Gasteiger partial charge >= 0.3 is 0 Å². The van der Waals surface area contributed by atoms with Gasteiger partial charge in [-0.05, 0) is 43.9 Å². The topological polar surface area (TPSA) is 41.6 Å². The standard InChI is InChI=1S/C22H25FN2O2/c23-19-8-3-1-6-17(19)22(26)25-13-11-16(12-14-25)24-20-9-5-15-27-21-10-4-2-7-18(20)21/h1-4,6-8,10,16,20,24H,5,9,11-15H2. The van der Waals surface area contributed by atoms with Crippen LogP contribution in [0.4, 0.5) is 4.39 Å². The number of hydrogen-bond donors (Lipinski definition) is 1. The van der Waals surface area contributed by atoms with Crippen LogP contribution in [0.2, 0.25) is 0 Å². The highest BCUT2D eigenvalue weighted by atomic mass is 19.1. The number of ether oxygens (including phenoxy) is 1. The highest BCUT2D eigenvalue weighted by Crippen LogP contribution is 2.32. The van der Waals surface area contributed by atoms with Crippen molar-refractivity contribution in [2.24, 2.45) is 0 Å². The molecule has 2 aromatic carbocycles. The number of carbonyl (C=O) groups is 1. The van der Waals surface area contributed by atoms with Crippen LogP contribution in [0.3, 0.4) is 0 Å². The normalized spacial score (nSPS) is 20.5. The lowest BCUT2D eigenvalue weighted by Gasteiger charge is -2.34. The number of rotatable bonds is 3. The number of benzene rings is 2. The molecule has 1 atom stereocenters. The second kappa shape index (κ2) is 8.09. The Hall–Kier alpha value is -2.40. The first-order valence-electron chi connectivity index (χ1n) is 9.74. The van der Waals surface area contributed by atoms with E-state index in [-0.39, 0.29) is 17.5 Å². The Kier molecular flexibility index (Phi) is 5.39. The number of amides is 1. The van der Waals surface area contributed by atoms with E-state index < -0.39 is 5.82 Å². The van der Waals surface area contributed by atoms with Gasteiger partial charge in [0.05, 0.1) is 12.2 Å². The molecule has 0 saturated carbocycles. The van der Waals surface area contributed by atoms with E-state index in [1.165, 1.54) is 11.6 Å². The highest BCUT2D eigenvalue weighted by molar-refractivity contribution is 5.94. The molecular formula is C22H25FN2O2. The van der Waals surface area contributed by atoms with Crippen LogP contribution in [-0.2, 0) is 0 Å². The molecule has 142 valence electrons. The summed E-state index contributed by atoms with van der Waals surface area (Å²) in [6.45, 7) is 2.05. The number of nitrogens with zero attached hydrogens (tertiary/aromatic N) is 1. The van der Waals surface area contributed by atoms with Crippen LogP contribution in [-0.4, -0.2) is 36.5 Å². The summed E-state index contributed by atoms with van der Waals surface area (Å²) in [5.41, 5.74) is 1.39. The Bertz CT molecular complexity index is 802. The smallest absolute Gasteiger partial charge is 0.256 e. The summed E-state index contributed by atoms with van der Waals surface area (Å²) in [5, 5.41) is 3.77. The zero-order valence-electron chi connectivity index (χ0n) is 15.4. The predicted molar refractivity (Wildman–Crippen MR) is 102 cm³/mol. The second-order valence-electron chi connectivity index (χ2n) is 7.29. The predicted octanol–water partition coefficient (Wildman–Crippen LogP) is 3.93. The molecule has 1 unspecified atom stereocenters. The van der Waals surface area contributed by atoms with E-state index in [0.717, 1.165) is 38.0 Å². The van der Waals surface area contributed by atoms with Crippen molar-refractivity contribution in [3.05, 3.63) is 65.5 Å². The third-order valence-electron chi connectivity index (χ3n) is 5.51. The minimum atomic E-state index is -0.446. The average molecular weight is 368 g/mol. The van der Waals surface area contributed by atoms with Gasteiger partial charge in [0, 0.05) is 30.7 Å². The van der Waals surface area contributed by atoms with Crippen molar-refractivity contribution in [1.82, 2.24) is 10.2 Å². The van der Waals surface area contributed by atoms with E-state index >= 15 is 0 Å². The molecule has 2 aliphatic rings. The number of para-hydroxylation sites is 1. The van der Waals surface area contributed by atoms with Gasteiger partial charge in [-0.1, -0.05) is 30.3 Å². The lowest BCUT2D eigenvalue weighted by molar-refractivity contribution is 0.0696. The third-order valence-corrected chi connectivity index (χ3v) is 5.51. The lowest BCUT2D eigenvalue weighted by Crippen LogP contribution is -2.46. The van der Waals surface area contributed by atoms with Crippen LogP contribution in [0.15, 0.2) is 48.5 Å². The molecule has 27 heavy (non-hydrogen) atoms. The SMILES string of the molecule is O=C(c1ccccc1F)N1CCC(NC2CCCOc3ccccc32)CC1. The summed E-state index contributed by atoms with van der Waals surface area (Å²) in [7, 11) is 0. The van der Waals surface area contributed by atoms with Crippen LogP contribution in [0.1, 0.15) is 47.6 Å². The molecule has 0 aromatic heterocycles. The molecule has 2 heterocycles. The van der Waals surface area contributed by atoms with Crippen LogP contribution in [0.5, 0.6) is 5.75 Å². The largest absolute Gasteiger partial charge is 0.493 e. The highest BCUT2D eigenvalue weighted by Gasteiger charge is 2.28. The maximum Gasteiger partial charge on any atom is 0.256 e. The fourth-order valence-corrected chi connectivity index (χ4v) is 4.04. The number of nitrogens with one attached hydrogen (secondary N) is 1. The summed E-state index contributed by atoms with van der Waals surface area (Å²) >= 11 is 0. The lowest BCUT2D eigenvalue weighted by atomic mass is 9.97. The fourth-order valence-electron chi connectivity index (χ4n) is 4.04. The number of piperidine rings is 1. The molecule has 1 saturated heterocycles. The molecule has 2 aromatic rings. The molecule has 0 bridgehead atoms. The molecule has 0 aliphatic carbocycles. The molecule has 1 amide bonds. The third kappa shape index (κ3) is 3.98. The Labute approximate surface area is 159 Å². The van der Waals surface area contributed by atoms with Crippen molar-refractivity contribution < 1.29 is 13.9 Å². The quantitative estimate of drug-likeness (QED) is 0.892. The van der Waals surface area contributed by atoms with Crippen molar-refractivity contribution in [2.75, 3.05) is 19.7 Å². The minimum absolute atomic E-state index is 0.166. The molecule has 0 radical (unpaired) electrons. The maximum absolute atomic E-state index is 13.9. The summed E-state index contributed by atoms with van der Waals surface area (Å²) < 4.78 is 19.7. The number of hydrogen-bond acceptors (Lipinski definition) is 3. The van der Waals surface area contributed by atoms with Crippen molar-refractivity contribution in [3.63, 3.8) is 0 Å². The molecule has 4 nitrogen and oxygen atoms in total. The van der Waals surface area contributed by atoms with Gasteiger partial charge in [0.15, 0.2) is 0 Å². The van der Waals surface area contributed by atoms with E-state index in [9.17, 15) is 9.18 Å². The molecular weight excluding hydrogens is 343 g/mol. The Morgan fingerprint density at radius 1 is 1.04 bits per heavy atom. The zero-order chi connectivity index (χ0) is 18.6. The van der Waals surface area contributed by atoms with E-state index in [2.05, 4.69) is 17.4 Å². The van der Waals surface area contributed by atoms with Crippen LogP contribution < -0.4 is 10.1 Å². The van der Waals surface area contributed by atoms with Crippen LogP contribution >= 0.6 is 0 Å². The van der Waals surface area contributed by atoms with Crippen molar-refractivity contribution in [2.45, 2.75) is 37.8 Å². The summed E-state index contributed by atoms with van der Waals surface area (Å²) in [5.74, 6) is 0.317. The molecule has 0 spiro atoms. The van der Waals surface area contributed by atoms with Gasteiger partial charge in [0.1, 0.15) is 11.6 Å². The summed E-state index contributed by atoms with van der Waals surface area (Å²) in [6.07, 6.45) is 3.82. The van der Waals surface area contributed by atoms with Gasteiger partial charge < -0.3 is 15.0 Å². The van der Waals surface area contributed by atoms with Crippen LogP contribution in [0, 0.1) is 5.82 Å². The summed E-state index contributed by atoms with van der Waals surface area (Å²) in [4.78, 5) is 14.3.